The molecule has 370 valence electrons. The fourth-order valence-electron chi connectivity index (χ4n) is 6.39. The Hall–Kier alpha value is -3.33. The molecule has 2 atom stereocenters. The number of allylic oxidation sites excluding steroid dienone is 18. The second kappa shape index (κ2) is 50.1. The van der Waals surface area contributed by atoms with E-state index in [1.54, 1.807) is 0 Å². The standard InChI is InChI=1S/C55H92NO8P/c1-3-5-7-9-11-13-15-17-19-21-23-25-26-28-29-31-33-35-37-39-41-43-45-47-54(58)56-49-50-63-65(60,61)64-52-53(57)51-62-55(59)48-46-44-42-40-38-36-34-32-30-27-24-22-20-18-16-14-12-10-8-6-4-2/h5,7,11-14,17-20,23-25,27-29,33,35,53,57H,3-4,6,8-10,15-16,21-22,26,30-32,34,36-52H2,1-2H3,(H,56,58)(H,60,61)/b7-5-,13-11-,14-12-,19-17-,20-18-,25-23-,27-24-,29-28-,35-33-. The molecule has 10 heteroatoms. The number of carbonyl (C=O) groups is 2. The molecule has 1 amide bonds. The molecule has 0 aromatic rings. The molecule has 0 fully saturated rings. The fraction of sp³-hybridized carbons (Fsp3) is 0.636. The highest BCUT2D eigenvalue weighted by Gasteiger charge is 2.23. The highest BCUT2D eigenvalue weighted by Crippen LogP contribution is 2.42. The number of aliphatic hydroxyl groups excluding tert-OH is 1. The Kier molecular flexibility index (Phi) is 47.5. The van der Waals surface area contributed by atoms with Crippen LogP contribution in [0.2, 0.25) is 0 Å². The average molecular weight is 926 g/mol. The second-order valence-electron chi connectivity index (χ2n) is 16.4. The van der Waals surface area contributed by atoms with Crippen LogP contribution in [0.1, 0.15) is 194 Å². The van der Waals surface area contributed by atoms with Crippen LogP contribution in [0.3, 0.4) is 0 Å². The first-order valence-electron chi connectivity index (χ1n) is 25.4. The van der Waals surface area contributed by atoms with E-state index >= 15 is 0 Å². The number of hydrogen-bond acceptors (Lipinski definition) is 7. The summed E-state index contributed by atoms with van der Waals surface area (Å²) in [5.41, 5.74) is 0. The van der Waals surface area contributed by atoms with Crippen molar-refractivity contribution in [1.29, 1.82) is 0 Å². The van der Waals surface area contributed by atoms with Crippen molar-refractivity contribution >= 4 is 19.7 Å². The third kappa shape index (κ3) is 51.5. The van der Waals surface area contributed by atoms with Crippen molar-refractivity contribution in [2.24, 2.45) is 0 Å². The van der Waals surface area contributed by atoms with Crippen LogP contribution >= 0.6 is 7.82 Å². The van der Waals surface area contributed by atoms with Crippen molar-refractivity contribution in [3.8, 4) is 0 Å². The molecule has 0 radical (unpaired) electrons. The van der Waals surface area contributed by atoms with Gasteiger partial charge in [0.15, 0.2) is 0 Å². The topological polar surface area (TPSA) is 131 Å². The molecule has 65 heavy (non-hydrogen) atoms. The summed E-state index contributed by atoms with van der Waals surface area (Å²) in [6.07, 6.45) is 67.3. The first kappa shape index (κ1) is 61.7. The highest BCUT2D eigenvalue weighted by molar-refractivity contribution is 7.47. The van der Waals surface area contributed by atoms with Crippen molar-refractivity contribution in [3.05, 3.63) is 109 Å². The monoisotopic (exact) mass is 926 g/mol. The molecule has 3 N–H and O–H groups in total. The van der Waals surface area contributed by atoms with Gasteiger partial charge in [-0.25, -0.2) is 4.57 Å². The summed E-state index contributed by atoms with van der Waals surface area (Å²) in [6.45, 7) is 3.36. The summed E-state index contributed by atoms with van der Waals surface area (Å²) in [6, 6.07) is 0. The molecule has 9 nitrogen and oxygen atoms in total. The second-order valence-corrected chi connectivity index (χ2v) is 17.9. The number of ether oxygens (including phenoxy) is 1. The van der Waals surface area contributed by atoms with Gasteiger partial charge in [-0.1, -0.05) is 187 Å². The number of carbonyl (C=O) groups excluding carboxylic acids is 2. The van der Waals surface area contributed by atoms with Crippen molar-refractivity contribution in [3.63, 3.8) is 0 Å². The van der Waals surface area contributed by atoms with Gasteiger partial charge in [-0.3, -0.25) is 18.6 Å². The van der Waals surface area contributed by atoms with Gasteiger partial charge in [0.25, 0.3) is 0 Å². The number of phosphoric acid groups is 1. The van der Waals surface area contributed by atoms with Crippen LogP contribution in [0.4, 0.5) is 0 Å². The van der Waals surface area contributed by atoms with Crippen LogP contribution in [-0.4, -0.2) is 54.3 Å². The third-order valence-corrected chi connectivity index (χ3v) is 11.2. The van der Waals surface area contributed by atoms with E-state index in [-0.39, 0.29) is 32.1 Å². The highest BCUT2D eigenvalue weighted by atomic mass is 31.2. The molecule has 0 saturated carbocycles. The molecule has 0 aliphatic carbocycles. The lowest BCUT2D eigenvalue weighted by Crippen LogP contribution is -2.27. The van der Waals surface area contributed by atoms with Gasteiger partial charge in [-0.05, 0) is 103 Å². The molecule has 2 unspecified atom stereocenters. The van der Waals surface area contributed by atoms with E-state index in [1.807, 2.05) is 0 Å². The molecule has 0 aromatic heterocycles. The molecular weight excluding hydrogens is 834 g/mol. The third-order valence-electron chi connectivity index (χ3n) is 10.2. The van der Waals surface area contributed by atoms with Gasteiger partial charge in [0.05, 0.1) is 13.2 Å². The van der Waals surface area contributed by atoms with Crippen molar-refractivity contribution in [2.75, 3.05) is 26.4 Å². The van der Waals surface area contributed by atoms with Crippen LogP contribution in [0, 0.1) is 0 Å². The Labute approximate surface area is 397 Å². The number of aliphatic hydroxyl groups is 1. The zero-order valence-electron chi connectivity index (χ0n) is 40.9. The molecular formula is C55H92NO8P. The fourth-order valence-corrected chi connectivity index (χ4v) is 7.15. The van der Waals surface area contributed by atoms with Crippen LogP contribution in [0.15, 0.2) is 109 Å². The van der Waals surface area contributed by atoms with E-state index in [0.29, 0.717) is 6.42 Å². The number of nitrogens with one attached hydrogen (secondary N) is 1. The Morgan fingerprint density at radius 3 is 1.32 bits per heavy atom. The lowest BCUT2D eigenvalue weighted by molar-refractivity contribution is -0.147. The van der Waals surface area contributed by atoms with Gasteiger partial charge in [0, 0.05) is 19.4 Å². The molecule has 0 bridgehead atoms. The van der Waals surface area contributed by atoms with Gasteiger partial charge >= 0.3 is 13.8 Å². The van der Waals surface area contributed by atoms with Crippen LogP contribution in [0.25, 0.3) is 0 Å². The Bertz CT molecular complexity index is 1430. The zero-order chi connectivity index (χ0) is 47.4. The average Bonchev–Trinajstić information content (AvgIpc) is 3.29. The van der Waals surface area contributed by atoms with Crippen molar-refractivity contribution in [1.82, 2.24) is 5.32 Å². The number of hydrogen-bond donors (Lipinski definition) is 3. The van der Waals surface area contributed by atoms with Crippen molar-refractivity contribution in [2.45, 2.75) is 200 Å². The SMILES string of the molecule is CC/C=C\C/C=C\C/C=C\C/C=C\C/C=C\C/C=C\CCCCCCC(=O)NCCOP(=O)(O)OCC(O)COC(=O)CCCCCCCCCC/C=C\C/C=C\C/C=C\CCCCC. The minimum atomic E-state index is -4.44. The summed E-state index contributed by atoms with van der Waals surface area (Å²) >= 11 is 0. The Balaban J connectivity index is 3.66. The predicted octanol–water partition coefficient (Wildman–Crippen LogP) is 15.1. The van der Waals surface area contributed by atoms with Gasteiger partial charge in [0.2, 0.25) is 5.91 Å². The van der Waals surface area contributed by atoms with Gasteiger partial charge < -0.3 is 20.1 Å². The Morgan fingerprint density at radius 2 is 0.877 bits per heavy atom. The molecule has 0 aliphatic rings. The van der Waals surface area contributed by atoms with E-state index in [2.05, 4.69) is 129 Å². The van der Waals surface area contributed by atoms with Crippen LogP contribution < -0.4 is 5.32 Å². The van der Waals surface area contributed by atoms with Gasteiger partial charge in [-0.2, -0.15) is 0 Å². The molecule has 0 heterocycles. The summed E-state index contributed by atoms with van der Waals surface area (Å²) in [5, 5.41) is 12.7. The van der Waals surface area contributed by atoms with E-state index in [4.69, 9.17) is 13.8 Å². The lowest BCUT2D eigenvalue weighted by Gasteiger charge is -2.15. The predicted molar refractivity (Wildman–Crippen MR) is 275 cm³/mol. The maximum atomic E-state index is 12.2. The van der Waals surface area contributed by atoms with Crippen LogP contribution in [-0.2, 0) is 27.9 Å². The van der Waals surface area contributed by atoms with Crippen molar-refractivity contribution < 1.29 is 37.9 Å². The van der Waals surface area contributed by atoms with Crippen LogP contribution in [0.5, 0.6) is 0 Å². The summed E-state index contributed by atoms with van der Waals surface area (Å²) in [7, 11) is -4.44. The number of rotatable bonds is 46. The van der Waals surface area contributed by atoms with E-state index in [1.165, 1.54) is 51.4 Å². The maximum Gasteiger partial charge on any atom is 0.472 e. The van der Waals surface area contributed by atoms with E-state index in [9.17, 15) is 24.2 Å². The number of amides is 1. The molecule has 0 aliphatic heterocycles. The molecule has 0 saturated heterocycles. The van der Waals surface area contributed by atoms with E-state index < -0.39 is 26.5 Å². The zero-order valence-corrected chi connectivity index (χ0v) is 41.8. The summed E-state index contributed by atoms with van der Waals surface area (Å²) < 4.78 is 27.0. The summed E-state index contributed by atoms with van der Waals surface area (Å²) in [5.74, 6) is -0.556. The Morgan fingerprint density at radius 1 is 0.492 bits per heavy atom. The van der Waals surface area contributed by atoms with E-state index in [0.717, 1.165) is 116 Å². The number of unbranched alkanes of at least 4 members (excludes halogenated alkanes) is 15. The molecule has 0 spiro atoms. The van der Waals surface area contributed by atoms with Gasteiger partial charge in [0.1, 0.15) is 12.7 Å². The lowest BCUT2D eigenvalue weighted by atomic mass is 10.1. The normalized spacial score (nSPS) is 14.1. The molecule has 0 rings (SSSR count). The number of esters is 1. The summed E-state index contributed by atoms with van der Waals surface area (Å²) in [4.78, 5) is 34.1. The first-order chi connectivity index (χ1) is 31.8. The largest absolute Gasteiger partial charge is 0.472 e. The minimum Gasteiger partial charge on any atom is -0.463 e. The number of phosphoric ester groups is 1. The minimum absolute atomic E-state index is 0.0595. The van der Waals surface area contributed by atoms with Gasteiger partial charge in [-0.15, -0.1) is 0 Å². The molecule has 0 aromatic carbocycles. The smallest absolute Gasteiger partial charge is 0.463 e. The quantitative estimate of drug-likeness (QED) is 0.0238. The first-order valence-corrected chi connectivity index (χ1v) is 26.9. The maximum absolute atomic E-state index is 12.2.